The molecule has 18 heavy (non-hydrogen) atoms. The minimum absolute atomic E-state index is 0.0457. The van der Waals surface area contributed by atoms with Gasteiger partial charge in [-0.3, -0.25) is 0 Å². The molecule has 1 heterocycles. The maximum absolute atomic E-state index is 12.7. The first-order valence-corrected chi connectivity index (χ1v) is 5.67. The molecule has 0 aliphatic carbocycles. The number of halogens is 4. The molecule has 7 heteroatoms. The third-order valence-electron chi connectivity index (χ3n) is 2.13. The van der Waals surface area contributed by atoms with Crippen LogP contribution in [0.5, 0.6) is 0 Å². The summed E-state index contributed by atoms with van der Waals surface area (Å²) in [4.78, 5) is 7.63. The summed E-state index contributed by atoms with van der Waals surface area (Å²) >= 11 is 3.12. The quantitative estimate of drug-likeness (QED) is 0.851. The van der Waals surface area contributed by atoms with Crippen molar-refractivity contribution in [1.29, 1.82) is 0 Å². The lowest BCUT2D eigenvalue weighted by atomic mass is 10.1. The van der Waals surface area contributed by atoms with E-state index < -0.39 is 11.7 Å². The zero-order valence-corrected chi connectivity index (χ0v) is 10.5. The fraction of sp³-hybridized carbons (Fsp3) is 0.0909. The molecule has 1 aromatic carbocycles. The Morgan fingerprint density at radius 3 is 2.50 bits per heavy atom. The van der Waals surface area contributed by atoms with Crippen molar-refractivity contribution in [2.75, 3.05) is 5.32 Å². The van der Waals surface area contributed by atoms with Gasteiger partial charge in [-0.25, -0.2) is 9.97 Å². The van der Waals surface area contributed by atoms with Crippen LogP contribution in [0.2, 0.25) is 0 Å². The van der Waals surface area contributed by atoms with Gasteiger partial charge in [-0.1, -0.05) is 12.1 Å². The third-order valence-corrected chi connectivity index (χ3v) is 2.56. The highest BCUT2D eigenvalue weighted by atomic mass is 79.9. The Bertz CT molecular complexity index is 557. The molecule has 0 spiro atoms. The van der Waals surface area contributed by atoms with E-state index in [9.17, 15) is 13.2 Å². The van der Waals surface area contributed by atoms with Gasteiger partial charge in [0.1, 0.15) is 16.7 Å². The molecular formula is C11H7BrF3N3. The second-order valence-electron chi connectivity index (χ2n) is 3.39. The van der Waals surface area contributed by atoms with Crippen molar-refractivity contribution < 1.29 is 13.2 Å². The van der Waals surface area contributed by atoms with Crippen molar-refractivity contribution in [1.82, 2.24) is 9.97 Å². The molecular weight excluding hydrogens is 311 g/mol. The van der Waals surface area contributed by atoms with Gasteiger partial charge in [0, 0.05) is 6.07 Å². The molecule has 0 atom stereocenters. The number of alkyl halides is 3. The topological polar surface area (TPSA) is 37.8 Å². The van der Waals surface area contributed by atoms with Gasteiger partial charge in [0.25, 0.3) is 0 Å². The molecule has 1 N–H and O–H groups in total. The second kappa shape index (κ2) is 4.93. The third kappa shape index (κ3) is 2.98. The van der Waals surface area contributed by atoms with Crippen molar-refractivity contribution in [3.8, 4) is 0 Å². The summed E-state index contributed by atoms with van der Waals surface area (Å²) in [6.07, 6.45) is -3.16. The Hall–Kier alpha value is -1.63. The summed E-state index contributed by atoms with van der Waals surface area (Å²) < 4.78 is 38.7. The normalized spacial score (nSPS) is 11.3. The SMILES string of the molecule is FC(F)(F)c1ccccc1Nc1cc(Br)ncn1. The van der Waals surface area contributed by atoms with Gasteiger partial charge >= 0.3 is 6.18 Å². The van der Waals surface area contributed by atoms with Crippen LogP contribution >= 0.6 is 15.9 Å². The van der Waals surface area contributed by atoms with Gasteiger partial charge in [-0.15, -0.1) is 0 Å². The first-order valence-electron chi connectivity index (χ1n) is 4.87. The highest BCUT2D eigenvalue weighted by Gasteiger charge is 2.33. The van der Waals surface area contributed by atoms with E-state index in [-0.39, 0.29) is 11.5 Å². The molecule has 2 aromatic rings. The zero-order valence-electron chi connectivity index (χ0n) is 8.87. The van der Waals surface area contributed by atoms with Crippen LogP contribution in [0.15, 0.2) is 41.3 Å². The Balaban J connectivity index is 2.35. The average Bonchev–Trinajstić information content (AvgIpc) is 2.28. The number of aromatic nitrogens is 2. The highest BCUT2D eigenvalue weighted by molar-refractivity contribution is 9.10. The fourth-order valence-corrected chi connectivity index (χ4v) is 1.69. The van der Waals surface area contributed by atoms with Crippen molar-refractivity contribution in [3.05, 3.63) is 46.8 Å². The van der Waals surface area contributed by atoms with Crippen LogP contribution in [0.25, 0.3) is 0 Å². The maximum atomic E-state index is 12.7. The van der Waals surface area contributed by atoms with E-state index in [2.05, 4.69) is 31.2 Å². The number of hydrogen-bond donors (Lipinski definition) is 1. The largest absolute Gasteiger partial charge is 0.418 e. The second-order valence-corrected chi connectivity index (χ2v) is 4.21. The lowest BCUT2D eigenvalue weighted by molar-refractivity contribution is -0.136. The van der Waals surface area contributed by atoms with E-state index in [1.165, 1.54) is 30.6 Å². The molecule has 1 aromatic heterocycles. The van der Waals surface area contributed by atoms with Crippen LogP contribution in [-0.2, 0) is 6.18 Å². The van der Waals surface area contributed by atoms with Gasteiger partial charge in [0.15, 0.2) is 0 Å². The van der Waals surface area contributed by atoms with Gasteiger partial charge in [-0.2, -0.15) is 13.2 Å². The van der Waals surface area contributed by atoms with Crippen LogP contribution in [0, 0.1) is 0 Å². The summed E-state index contributed by atoms with van der Waals surface area (Å²) in [6, 6.07) is 6.71. The van der Waals surface area contributed by atoms with Crippen molar-refractivity contribution in [2.24, 2.45) is 0 Å². The first kappa shape index (κ1) is 12.8. The minimum Gasteiger partial charge on any atom is -0.340 e. The first-order chi connectivity index (χ1) is 8.47. The van der Waals surface area contributed by atoms with E-state index in [1.807, 2.05) is 0 Å². The lowest BCUT2D eigenvalue weighted by Crippen LogP contribution is -2.09. The van der Waals surface area contributed by atoms with Crippen LogP contribution in [0.1, 0.15) is 5.56 Å². The molecule has 0 bridgehead atoms. The molecule has 0 saturated carbocycles. The van der Waals surface area contributed by atoms with Gasteiger partial charge in [0.2, 0.25) is 0 Å². The fourth-order valence-electron chi connectivity index (χ4n) is 1.38. The molecule has 0 radical (unpaired) electrons. The number of nitrogens with one attached hydrogen (secondary N) is 1. The standard InChI is InChI=1S/C11H7BrF3N3/c12-9-5-10(17-6-16-9)18-8-4-2-1-3-7(8)11(13,14)15/h1-6H,(H,16,17,18). The number of hydrogen-bond acceptors (Lipinski definition) is 3. The molecule has 0 aliphatic rings. The van der Waals surface area contributed by atoms with Crippen molar-refractivity contribution in [3.63, 3.8) is 0 Å². The predicted molar refractivity (Wildman–Crippen MR) is 64.5 cm³/mol. The van der Waals surface area contributed by atoms with Crippen LogP contribution in [0.3, 0.4) is 0 Å². The van der Waals surface area contributed by atoms with Gasteiger partial charge in [-0.05, 0) is 28.1 Å². The van der Waals surface area contributed by atoms with Crippen LogP contribution in [0.4, 0.5) is 24.7 Å². The Labute approximate surface area is 109 Å². The Morgan fingerprint density at radius 2 is 1.83 bits per heavy atom. The molecule has 0 amide bonds. The average molecular weight is 318 g/mol. The van der Waals surface area contributed by atoms with E-state index in [1.54, 1.807) is 0 Å². The summed E-state index contributed by atoms with van der Waals surface area (Å²) in [5.74, 6) is 0.286. The number of anilines is 2. The van der Waals surface area contributed by atoms with E-state index in [0.717, 1.165) is 6.07 Å². The number of benzene rings is 1. The van der Waals surface area contributed by atoms with Gasteiger partial charge < -0.3 is 5.32 Å². The zero-order chi connectivity index (χ0) is 13.2. The summed E-state index contributed by atoms with van der Waals surface area (Å²) in [5.41, 5.74) is -0.782. The number of para-hydroxylation sites is 1. The minimum atomic E-state index is -4.41. The predicted octanol–water partition coefficient (Wildman–Crippen LogP) is 4.00. The highest BCUT2D eigenvalue weighted by Crippen LogP contribution is 2.35. The molecule has 0 saturated heterocycles. The smallest absolute Gasteiger partial charge is 0.340 e. The lowest BCUT2D eigenvalue weighted by Gasteiger charge is -2.13. The maximum Gasteiger partial charge on any atom is 0.418 e. The molecule has 3 nitrogen and oxygen atoms in total. The number of rotatable bonds is 2. The molecule has 2 rings (SSSR count). The van der Waals surface area contributed by atoms with E-state index in [4.69, 9.17) is 0 Å². The van der Waals surface area contributed by atoms with Crippen LogP contribution in [-0.4, -0.2) is 9.97 Å². The summed E-state index contributed by atoms with van der Waals surface area (Å²) in [6.45, 7) is 0. The van der Waals surface area contributed by atoms with Crippen molar-refractivity contribution >= 4 is 27.4 Å². The molecule has 0 aliphatic heterocycles. The summed E-state index contributed by atoms with van der Waals surface area (Å²) in [5, 5.41) is 2.62. The van der Waals surface area contributed by atoms with E-state index >= 15 is 0 Å². The van der Waals surface area contributed by atoms with Crippen LogP contribution < -0.4 is 5.32 Å². The monoisotopic (exact) mass is 317 g/mol. The summed E-state index contributed by atoms with van der Waals surface area (Å²) in [7, 11) is 0. The molecule has 0 fully saturated rings. The molecule has 94 valence electrons. The van der Waals surface area contributed by atoms with Gasteiger partial charge in [0.05, 0.1) is 11.3 Å². The Morgan fingerprint density at radius 1 is 1.11 bits per heavy atom. The van der Waals surface area contributed by atoms with Crippen molar-refractivity contribution in [2.45, 2.75) is 6.18 Å². The number of nitrogens with zero attached hydrogens (tertiary/aromatic N) is 2. The molecule has 0 unspecified atom stereocenters. The van der Waals surface area contributed by atoms with E-state index in [0.29, 0.717) is 4.60 Å². The Kier molecular flexibility index (Phi) is 3.51.